The van der Waals surface area contributed by atoms with Gasteiger partial charge in [0, 0.05) is 41.8 Å². The Hall–Kier alpha value is -3.76. The topological polar surface area (TPSA) is 137 Å². The van der Waals surface area contributed by atoms with E-state index in [1.54, 1.807) is 18.2 Å². The van der Waals surface area contributed by atoms with Crippen molar-refractivity contribution in [2.24, 2.45) is 11.5 Å². The van der Waals surface area contributed by atoms with Crippen LogP contribution in [0.4, 0.5) is 5.69 Å². The molecule has 0 radical (unpaired) electrons. The van der Waals surface area contributed by atoms with Gasteiger partial charge in [-0.15, -0.1) is 11.3 Å². The number of nitrogens with two attached hydrogens (primary N) is 3. The second-order valence-electron chi connectivity index (χ2n) is 11.3. The second-order valence-corrected chi connectivity index (χ2v) is 12.4. The lowest BCUT2D eigenvalue weighted by Gasteiger charge is -2.37. The van der Waals surface area contributed by atoms with E-state index < -0.39 is 11.6 Å². The van der Waals surface area contributed by atoms with Gasteiger partial charge in [-0.25, -0.2) is 0 Å². The van der Waals surface area contributed by atoms with Crippen LogP contribution in [-0.4, -0.2) is 41.8 Å². The largest absolute Gasteiger partial charge is 0.457 e. The number of hydrogen-bond donors (Lipinski definition) is 4. The smallest absolute Gasteiger partial charge is 0.262 e. The summed E-state index contributed by atoms with van der Waals surface area (Å²) in [6, 6.07) is 17.9. The zero-order chi connectivity index (χ0) is 29.1. The minimum absolute atomic E-state index is 0.0301. The van der Waals surface area contributed by atoms with E-state index in [2.05, 4.69) is 24.1 Å². The molecule has 8 nitrogen and oxygen atoms in total. The van der Waals surface area contributed by atoms with Crippen molar-refractivity contribution in [2.75, 3.05) is 18.8 Å². The van der Waals surface area contributed by atoms with E-state index in [-0.39, 0.29) is 17.7 Å². The molecule has 1 saturated heterocycles. The maximum atomic E-state index is 14.2. The molecule has 1 amide bonds. The Bertz CT molecular complexity index is 1670. The Kier molecular flexibility index (Phi) is 6.86. The molecule has 0 saturated carbocycles. The van der Waals surface area contributed by atoms with Gasteiger partial charge in [0.25, 0.3) is 5.91 Å². The molecule has 212 valence electrons. The summed E-state index contributed by atoms with van der Waals surface area (Å²) < 4.78 is 6.72. The SMILES string of the molecule is Cc1cc(Oc2ccccc2)ccc1C1(N)C(=O)C(N)c2c(C(=O)NC3CCN(C(C)C)C3)sc3c(N)ccc1c23. The third kappa shape index (κ3) is 4.49. The van der Waals surface area contributed by atoms with E-state index in [0.717, 1.165) is 29.8 Å². The monoisotopic (exact) mass is 569 g/mol. The van der Waals surface area contributed by atoms with Crippen LogP contribution in [0, 0.1) is 6.92 Å². The fraction of sp³-hybridized carbons (Fsp3) is 0.312. The molecule has 2 heterocycles. The maximum Gasteiger partial charge on any atom is 0.262 e. The van der Waals surface area contributed by atoms with Gasteiger partial charge in [0.05, 0.1) is 15.6 Å². The van der Waals surface area contributed by atoms with Crippen molar-refractivity contribution >= 4 is 38.8 Å². The minimum Gasteiger partial charge on any atom is -0.457 e. The average Bonchev–Trinajstić information content (AvgIpc) is 3.58. The van der Waals surface area contributed by atoms with Crippen LogP contribution in [-0.2, 0) is 10.3 Å². The van der Waals surface area contributed by atoms with Gasteiger partial charge in [-0.2, -0.15) is 0 Å². The van der Waals surface area contributed by atoms with Crippen LogP contribution >= 0.6 is 11.3 Å². The standard InChI is InChI=1S/C32H35N5O3S/c1-17(2)37-14-13-19(16-37)36-31(39)29-26-25-23(11-12-24(33)28(25)41-29)32(35,30(38)27(26)34)22-10-9-21(15-18(22)3)40-20-7-5-4-6-8-20/h4-12,15,17,19,27H,13-14,16,33-35H2,1-3H3,(H,36,39). The maximum absolute atomic E-state index is 14.2. The number of para-hydroxylation sites is 1. The molecule has 4 aromatic rings. The second kappa shape index (κ2) is 10.3. The molecule has 6 rings (SSSR count). The molecule has 7 N–H and O–H groups in total. The summed E-state index contributed by atoms with van der Waals surface area (Å²) in [6.07, 6.45) is 0.873. The quantitative estimate of drug-likeness (QED) is 0.250. The molecule has 3 aromatic carbocycles. The molecule has 41 heavy (non-hydrogen) atoms. The fourth-order valence-electron chi connectivity index (χ4n) is 6.22. The van der Waals surface area contributed by atoms with Gasteiger partial charge >= 0.3 is 0 Å². The first-order chi connectivity index (χ1) is 19.6. The number of carbonyl (C=O) groups excluding carboxylic acids is 2. The molecule has 3 atom stereocenters. The predicted octanol–water partition coefficient (Wildman–Crippen LogP) is 4.58. The van der Waals surface area contributed by atoms with Gasteiger partial charge in [-0.1, -0.05) is 30.3 Å². The van der Waals surface area contributed by atoms with Crippen LogP contribution in [0.2, 0.25) is 0 Å². The molecule has 2 aliphatic rings. The number of thiophene rings is 1. The van der Waals surface area contributed by atoms with Gasteiger partial charge in [-0.3, -0.25) is 14.5 Å². The lowest BCUT2D eigenvalue weighted by molar-refractivity contribution is -0.124. The van der Waals surface area contributed by atoms with Crippen LogP contribution in [0.15, 0.2) is 60.7 Å². The summed E-state index contributed by atoms with van der Waals surface area (Å²) >= 11 is 1.28. The van der Waals surface area contributed by atoms with Crippen molar-refractivity contribution in [3.05, 3.63) is 87.8 Å². The van der Waals surface area contributed by atoms with Crippen LogP contribution < -0.4 is 27.3 Å². The summed E-state index contributed by atoms with van der Waals surface area (Å²) in [5.74, 6) is 0.749. The molecule has 0 bridgehead atoms. The highest BCUT2D eigenvalue weighted by Gasteiger charge is 2.49. The highest BCUT2D eigenvalue weighted by Crippen LogP contribution is 2.50. The number of nitrogen functional groups attached to an aromatic ring is 1. The zero-order valence-electron chi connectivity index (χ0n) is 23.4. The number of likely N-dealkylation sites (tertiary alicyclic amines) is 1. The highest BCUT2D eigenvalue weighted by molar-refractivity contribution is 7.21. The first-order valence-corrected chi connectivity index (χ1v) is 14.7. The van der Waals surface area contributed by atoms with Crippen molar-refractivity contribution in [1.82, 2.24) is 10.2 Å². The lowest BCUT2D eigenvalue weighted by atomic mass is 9.69. The Balaban J connectivity index is 1.41. The normalized spacial score (nSPS) is 22.4. The van der Waals surface area contributed by atoms with Crippen molar-refractivity contribution in [3.63, 3.8) is 0 Å². The van der Waals surface area contributed by atoms with Gasteiger partial charge < -0.3 is 27.3 Å². The number of rotatable bonds is 6. The van der Waals surface area contributed by atoms with E-state index in [0.29, 0.717) is 50.2 Å². The van der Waals surface area contributed by atoms with Crippen molar-refractivity contribution in [1.29, 1.82) is 0 Å². The van der Waals surface area contributed by atoms with Crippen molar-refractivity contribution < 1.29 is 14.3 Å². The van der Waals surface area contributed by atoms with E-state index in [1.165, 1.54) is 11.3 Å². The number of ketones is 1. The molecular weight excluding hydrogens is 534 g/mol. The molecule has 3 unspecified atom stereocenters. The van der Waals surface area contributed by atoms with E-state index in [4.69, 9.17) is 21.9 Å². The number of nitrogens with zero attached hydrogens (tertiary/aromatic N) is 1. The van der Waals surface area contributed by atoms with Crippen molar-refractivity contribution in [2.45, 2.75) is 50.9 Å². The van der Waals surface area contributed by atoms with Crippen LogP contribution in [0.5, 0.6) is 11.5 Å². The van der Waals surface area contributed by atoms with Crippen LogP contribution in [0.1, 0.15) is 58.2 Å². The number of benzene rings is 3. The number of nitrogens with one attached hydrogen (secondary N) is 1. The van der Waals surface area contributed by atoms with Crippen LogP contribution in [0.25, 0.3) is 10.1 Å². The zero-order valence-corrected chi connectivity index (χ0v) is 24.3. The summed E-state index contributed by atoms with van der Waals surface area (Å²) in [7, 11) is 0. The molecule has 1 aliphatic carbocycles. The number of hydrogen-bond acceptors (Lipinski definition) is 8. The third-order valence-corrected chi connectivity index (χ3v) is 9.66. The number of aryl methyl sites for hydroxylation is 1. The summed E-state index contributed by atoms with van der Waals surface area (Å²) in [6.45, 7) is 7.93. The molecule has 9 heteroatoms. The Morgan fingerprint density at radius 2 is 1.83 bits per heavy atom. The van der Waals surface area contributed by atoms with E-state index in [9.17, 15) is 9.59 Å². The van der Waals surface area contributed by atoms with Crippen LogP contribution in [0.3, 0.4) is 0 Å². The molecule has 0 spiro atoms. The summed E-state index contributed by atoms with van der Waals surface area (Å²) in [4.78, 5) is 30.5. The number of Topliss-reactive ketones (excluding diaryl/α,β-unsaturated/α-hetero) is 1. The third-order valence-electron chi connectivity index (χ3n) is 8.41. The highest BCUT2D eigenvalue weighted by atomic mass is 32.1. The van der Waals surface area contributed by atoms with E-state index in [1.807, 2.05) is 49.4 Å². The minimum atomic E-state index is -1.52. The fourth-order valence-corrected chi connectivity index (χ4v) is 7.42. The summed E-state index contributed by atoms with van der Waals surface area (Å²) in [5, 5.41) is 3.88. The number of ether oxygens (including phenoxy) is 1. The van der Waals surface area contributed by atoms with E-state index >= 15 is 0 Å². The Morgan fingerprint density at radius 3 is 2.51 bits per heavy atom. The van der Waals surface area contributed by atoms with Gasteiger partial charge in [-0.05, 0) is 74.2 Å². The number of amides is 1. The number of anilines is 1. The first-order valence-electron chi connectivity index (χ1n) is 13.9. The molecular formula is C32H35N5O3S. The lowest BCUT2D eigenvalue weighted by Crippen LogP contribution is -2.53. The Labute approximate surface area is 243 Å². The molecule has 1 aliphatic heterocycles. The Morgan fingerprint density at radius 1 is 1.10 bits per heavy atom. The summed E-state index contributed by atoms with van der Waals surface area (Å²) in [5.41, 5.74) is 21.7. The van der Waals surface area contributed by atoms with Gasteiger partial charge in [0.1, 0.15) is 17.0 Å². The first kappa shape index (κ1) is 27.4. The van der Waals surface area contributed by atoms with Gasteiger partial charge in [0.2, 0.25) is 0 Å². The number of carbonyl (C=O) groups is 2. The van der Waals surface area contributed by atoms with Crippen molar-refractivity contribution in [3.8, 4) is 11.5 Å². The predicted molar refractivity (Wildman–Crippen MR) is 163 cm³/mol. The molecule has 1 aromatic heterocycles. The molecule has 1 fully saturated rings. The van der Waals surface area contributed by atoms with Gasteiger partial charge in [0.15, 0.2) is 5.78 Å². The average molecular weight is 570 g/mol.